The van der Waals surface area contributed by atoms with Crippen molar-refractivity contribution in [2.75, 3.05) is 0 Å². The molecule has 1 fully saturated rings. The smallest absolute Gasteiger partial charge is 0.143 e. The molecule has 0 aliphatic heterocycles. The zero-order valence-corrected chi connectivity index (χ0v) is 46.6. The zero-order chi connectivity index (χ0) is 54.4. The second-order valence-corrected chi connectivity index (χ2v) is 25.2. The van der Waals surface area contributed by atoms with Gasteiger partial charge in [0.15, 0.2) is 0 Å². The number of hydrogen-bond donors (Lipinski definition) is 0. The van der Waals surface area contributed by atoms with Gasteiger partial charge in [-0.2, -0.15) is 0 Å². The van der Waals surface area contributed by atoms with Crippen molar-refractivity contribution >= 4 is 65.4 Å². The Hall–Kier alpha value is -9.24. The van der Waals surface area contributed by atoms with E-state index >= 15 is 0 Å². The van der Waals surface area contributed by atoms with Crippen LogP contribution in [0.4, 0.5) is 0 Å². The Labute approximate surface area is 477 Å². The van der Waals surface area contributed by atoms with E-state index in [-0.39, 0.29) is 16.2 Å². The number of rotatable bonds is 4. The normalized spacial score (nSPS) is 15.9. The molecule has 1 spiro atoms. The fraction of sp³-hybridized carbons (Fsp3) is 0.150. The third-order valence-corrected chi connectivity index (χ3v) is 20.5. The molecule has 0 atom stereocenters. The van der Waals surface area contributed by atoms with E-state index in [1.807, 2.05) is 0 Å². The molecule has 0 bridgehead atoms. The average molecular weight is 1050 g/mol. The first kappa shape index (κ1) is 46.5. The first-order valence-electron chi connectivity index (χ1n) is 29.7. The first-order valence-corrected chi connectivity index (χ1v) is 29.7. The van der Waals surface area contributed by atoms with Gasteiger partial charge in [0.2, 0.25) is 0 Å². The highest BCUT2D eigenvalue weighted by Gasteiger charge is 2.49. The van der Waals surface area contributed by atoms with Crippen molar-refractivity contribution in [2.24, 2.45) is 0 Å². The Balaban J connectivity index is 0.808. The highest BCUT2D eigenvalue weighted by atomic mass is 16.3. The molecule has 0 saturated heterocycles. The van der Waals surface area contributed by atoms with Crippen LogP contribution in [-0.2, 0) is 16.2 Å². The maximum Gasteiger partial charge on any atom is 0.143 e. The van der Waals surface area contributed by atoms with Gasteiger partial charge in [-0.25, -0.2) is 0 Å². The van der Waals surface area contributed by atoms with Crippen molar-refractivity contribution < 1.29 is 8.83 Å². The van der Waals surface area contributed by atoms with Gasteiger partial charge in [-0.05, 0) is 160 Å². The Morgan fingerprint density at radius 1 is 0.256 bits per heavy atom. The van der Waals surface area contributed by atoms with Crippen LogP contribution in [-0.4, -0.2) is 0 Å². The van der Waals surface area contributed by atoms with Gasteiger partial charge in [0, 0.05) is 60.0 Å². The summed E-state index contributed by atoms with van der Waals surface area (Å²) in [6.45, 7) is 9.90. The SMILES string of the molecule is CC1(C)c2cc3c(cc2-c2c1cc(-c1cccc4c1oc1c(-c5ccccc5)cccc14)c1ccccc21)C1(CCCCC1)c1cc2c(cc1-3)C(C)(C)c1cc(-c3cccc4c3oc3c(-c5ccccc5)cccc34)c3ccccc3c1-2. The van der Waals surface area contributed by atoms with Gasteiger partial charge in [-0.1, -0.05) is 229 Å². The standard InChI is InChI=1S/C80H58O2/c1-78(2)66-42-62-63-43-67-65(73-53-29-15-13-27-51(53)61(41-71(73)79(67,3)4)59-37-21-35-57-55-33-19-31-49(75(55)82-77(57)59)47-24-10-6-11-25-47)45-69(63)80(38-16-7-17-39-80)68(62)44-64(66)72-52-28-14-12-26-50(52)60(40-70(72)78)58-36-20-34-56-54-32-18-30-48(74(54)81-76(56)58)46-22-8-5-9-23-46/h5-6,8-15,18-37,40-45H,7,16-17,38-39H2,1-4H3. The summed E-state index contributed by atoms with van der Waals surface area (Å²) < 4.78 is 14.2. The summed E-state index contributed by atoms with van der Waals surface area (Å²) in [6.07, 6.45) is 6.08. The minimum absolute atomic E-state index is 0.0661. The number of para-hydroxylation sites is 4. The van der Waals surface area contributed by atoms with E-state index in [0.717, 1.165) is 90.1 Å². The van der Waals surface area contributed by atoms with Crippen LogP contribution >= 0.6 is 0 Å². The fourth-order valence-electron chi connectivity index (χ4n) is 16.5. The molecular weight excluding hydrogens is 993 g/mol. The molecule has 0 N–H and O–H groups in total. The van der Waals surface area contributed by atoms with Gasteiger partial charge in [0.1, 0.15) is 22.3 Å². The predicted octanol–water partition coefficient (Wildman–Crippen LogP) is 22.3. The molecular formula is C80H58O2. The molecule has 2 nitrogen and oxygen atoms in total. The minimum atomic E-state index is -0.267. The maximum absolute atomic E-state index is 7.11. The third kappa shape index (κ3) is 6.04. The Morgan fingerprint density at radius 2 is 0.585 bits per heavy atom. The molecule has 2 heterocycles. The molecule has 2 heteroatoms. The predicted molar refractivity (Wildman–Crippen MR) is 342 cm³/mol. The quantitative estimate of drug-likeness (QED) is 0.176. The molecule has 0 unspecified atom stereocenters. The largest absolute Gasteiger partial charge is 0.455 e. The summed E-state index contributed by atoms with van der Waals surface area (Å²) in [5.74, 6) is 0. The molecule has 390 valence electrons. The van der Waals surface area contributed by atoms with Crippen molar-refractivity contribution in [3.8, 4) is 77.9 Å². The van der Waals surface area contributed by atoms with E-state index in [9.17, 15) is 0 Å². The van der Waals surface area contributed by atoms with Gasteiger partial charge >= 0.3 is 0 Å². The van der Waals surface area contributed by atoms with Gasteiger partial charge in [-0.15, -0.1) is 0 Å². The fourth-order valence-corrected chi connectivity index (χ4v) is 16.5. The van der Waals surface area contributed by atoms with E-state index < -0.39 is 0 Å². The summed E-state index contributed by atoms with van der Waals surface area (Å²) in [6, 6.07) is 82.1. The van der Waals surface area contributed by atoms with E-state index in [2.05, 4.69) is 246 Å². The van der Waals surface area contributed by atoms with Gasteiger partial charge in [0.25, 0.3) is 0 Å². The van der Waals surface area contributed by atoms with Crippen molar-refractivity contribution in [2.45, 2.75) is 76.0 Å². The van der Waals surface area contributed by atoms with Crippen LogP contribution in [0.5, 0.6) is 0 Å². The molecule has 4 aliphatic rings. The van der Waals surface area contributed by atoms with Crippen molar-refractivity contribution in [3.05, 3.63) is 252 Å². The van der Waals surface area contributed by atoms with Gasteiger partial charge in [-0.3, -0.25) is 0 Å². The average Bonchev–Trinajstić information content (AvgIpc) is 1.63. The molecule has 12 aromatic carbocycles. The second kappa shape index (κ2) is 16.5. The van der Waals surface area contributed by atoms with E-state index in [4.69, 9.17) is 8.83 Å². The van der Waals surface area contributed by atoms with Crippen LogP contribution in [0.1, 0.15) is 93.2 Å². The lowest BCUT2D eigenvalue weighted by Crippen LogP contribution is -2.28. The molecule has 18 rings (SSSR count). The second-order valence-electron chi connectivity index (χ2n) is 25.2. The van der Waals surface area contributed by atoms with Crippen LogP contribution in [0.2, 0.25) is 0 Å². The van der Waals surface area contributed by atoms with E-state index in [0.29, 0.717) is 0 Å². The summed E-state index contributed by atoms with van der Waals surface area (Å²) in [4.78, 5) is 0. The lowest BCUT2D eigenvalue weighted by atomic mass is 9.67. The van der Waals surface area contributed by atoms with E-state index in [1.54, 1.807) is 0 Å². The zero-order valence-electron chi connectivity index (χ0n) is 46.6. The van der Waals surface area contributed by atoms with Crippen LogP contribution < -0.4 is 0 Å². The Kier molecular flexibility index (Phi) is 9.33. The summed E-state index contributed by atoms with van der Waals surface area (Å²) in [5.41, 5.74) is 29.6. The highest BCUT2D eigenvalue weighted by Crippen LogP contribution is 2.64. The lowest BCUT2D eigenvalue weighted by Gasteiger charge is -2.36. The van der Waals surface area contributed by atoms with E-state index in [1.165, 1.54) is 119 Å². The van der Waals surface area contributed by atoms with Crippen LogP contribution in [0, 0.1) is 0 Å². The third-order valence-electron chi connectivity index (χ3n) is 20.5. The topological polar surface area (TPSA) is 26.3 Å². The number of furan rings is 2. The molecule has 4 aliphatic carbocycles. The Morgan fingerprint density at radius 3 is 1.00 bits per heavy atom. The van der Waals surface area contributed by atoms with Crippen LogP contribution in [0.15, 0.2) is 227 Å². The molecule has 82 heavy (non-hydrogen) atoms. The van der Waals surface area contributed by atoms with Crippen molar-refractivity contribution in [3.63, 3.8) is 0 Å². The monoisotopic (exact) mass is 1050 g/mol. The van der Waals surface area contributed by atoms with Crippen molar-refractivity contribution in [1.82, 2.24) is 0 Å². The summed E-state index contributed by atoms with van der Waals surface area (Å²) in [7, 11) is 0. The summed E-state index contributed by atoms with van der Waals surface area (Å²) in [5, 5.41) is 9.73. The van der Waals surface area contributed by atoms with Crippen LogP contribution in [0.25, 0.3) is 143 Å². The number of fused-ring (bicyclic) bond motifs is 21. The van der Waals surface area contributed by atoms with Gasteiger partial charge in [0.05, 0.1) is 0 Å². The maximum atomic E-state index is 7.11. The number of hydrogen-bond acceptors (Lipinski definition) is 2. The van der Waals surface area contributed by atoms with Gasteiger partial charge < -0.3 is 8.83 Å². The highest BCUT2D eigenvalue weighted by molar-refractivity contribution is 6.19. The molecule has 0 amide bonds. The molecule has 1 saturated carbocycles. The Bertz CT molecular complexity index is 4800. The number of benzene rings is 12. The van der Waals surface area contributed by atoms with Crippen LogP contribution in [0.3, 0.4) is 0 Å². The minimum Gasteiger partial charge on any atom is -0.455 e. The summed E-state index contributed by atoms with van der Waals surface area (Å²) >= 11 is 0. The lowest BCUT2D eigenvalue weighted by molar-refractivity contribution is 0.353. The first-order chi connectivity index (χ1) is 40.2. The molecule has 0 radical (unpaired) electrons. The molecule has 2 aromatic heterocycles. The van der Waals surface area contributed by atoms with Crippen molar-refractivity contribution in [1.29, 1.82) is 0 Å². The molecule has 14 aromatic rings.